The molecule has 1 aromatic heterocycles. The summed E-state index contributed by atoms with van der Waals surface area (Å²) in [5.74, 6) is -0.859. The summed E-state index contributed by atoms with van der Waals surface area (Å²) in [6.45, 7) is 2.36. The van der Waals surface area contributed by atoms with E-state index in [9.17, 15) is 22.8 Å². The van der Waals surface area contributed by atoms with Crippen LogP contribution in [0.15, 0.2) is 12.4 Å². The van der Waals surface area contributed by atoms with E-state index >= 15 is 0 Å². The van der Waals surface area contributed by atoms with Crippen molar-refractivity contribution in [3.63, 3.8) is 0 Å². The van der Waals surface area contributed by atoms with Crippen LogP contribution >= 0.6 is 0 Å². The minimum atomic E-state index is -4.53. The van der Waals surface area contributed by atoms with Gasteiger partial charge in [-0.25, -0.2) is 19.6 Å². The summed E-state index contributed by atoms with van der Waals surface area (Å²) in [6, 6.07) is -0.0527. The first-order chi connectivity index (χ1) is 13.2. The van der Waals surface area contributed by atoms with Gasteiger partial charge in [0.2, 0.25) is 5.82 Å². The van der Waals surface area contributed by atoms with Crippen LogP contribution in [0.1, 0.15) is 24.2 Å². The molecule has 4 heterocycles. The van der Waals surface area contributed by atoms with Gasteiger partial charge in [0.05, 0.1) is 13.1 Å². The molecule has 11 heteroatoms. The highest BCUT2D eigenvalue weighted by molar-refractivity contribution is 5.78. The SMILES string of the molecule is O=C1NC2(CO1)CN(C(=O)N1CCC(Cc3cnc(C(F)(F)F)nc3)CC1)C2. The number of hydrogen-bond donors (Lipinski definition) is 1. The van der Waals surface area contributed by atoms with Crippen LogP contribution in [-0.2, 0) is 17.3 Å². The lowest BCUT2D eigenvalue weighted by atomic mass is 9.90. The molecule has 0 aromatic carbocycles. The molecule has 3 aliphatic rings. The number of piperidine rings is 1. The Balaban J connectivity index is 1.24. The van der Waals surface area contributed by atoms with Gasteiger partial charge >= 0.3 is 18.3 Å². The zero-order valence-electron chi connectivity index (χ0n) is 15.0. The summed E-state index contributed by atoms with van der Waals surface area (Å²) in [6.07, 6.45) is -0.392. The standard InChI is InChI=1S/C17H20F3N5O3/c18-17(19,20)13-21-6-12(7-22-13)5-11-1-3-24(4-2-11)15(27)25-8-16(9-25)10-28-14(26)23-16/h6-7,11H,1-5,8-10H2,(H,23,26). The Morgan fingerprint density at radius 3 is 2.39 bits per heavy atom. The van der Waals surface area contributed by atoms with E-state index < -0.39 is 23.6 Å². The molecule has 3 aliphatic heterocycles. The largest absolute Gasteiger partial charge is 0.451 e. The predicted octanol–water partition coefficient (Wildman–Crippen LogP) is 1.66. The second kappa shape index (κ2) is 6.78. The second-order valence-corrected chi connectivity index (χ2v) is 7.67. The lowest BCUT2D eigenvalue weighted by Gasteiger charge is -2.48. The minimum absolute atomic E-state index is 0.0527. The first-order valence-electron chi connectivity index (χ1n) is 9.11. The first-order valence-corrected chi connectivity index (χ1v) is 9.11. The number of hydrogen-bond acceptors (Lipinski definition) is 5. The van der Waals surface area contributed by atoms with E-state index in [2.05, 4.69) is 15.3 Å². The third kappa shape index (κ3) is 3.69. The molecule has 3 fully saturated rings. The van der Waals surface area contributed by atoms with Gasteiger partial charge in [0.25, 0.3) is 0 Å². The summed E-state index contributed by atoms with van der Waals surface area (Å²) in [7, 11) is 0. The number of ether oxygens (including phenoxy) is 1. The number of alkyl carbamates (subject to hydrolysis) is 1. The van der Waals surface area contributed by atoms with Crippen molar-refractivity contribution in [2.24, 2.45) is 5.92 Å². The van der Waals surface area contributed by atoms with Crippen LogP contribution in [0.2, 0.25) is 0 Å². The van der Waals surface area contributed by atoms with Gasteiger partial charge in [-0.15, -0.1) is 0 Å². The van der Waals surface area contributed by atoms with Gasteiger partial charge in [-0.3, -0.25) is 0 Å². The lowest BCUT2D eigenvalue weighted by Crippen LogP contribution is -2.71. The topological polar surface area (TPSA) is 87.7 Å². The van der Waals surface area contributed by atoms with Crippen molar-refractivity contribution in [3.8, 4) is 0 Å². The van der Waals surface area contributed by atoms with Crippen LogP contribution in [0.4, 0.5) is 22.8 Å². The number of alkyl halides is 3. The van der Waals surface area contributed by atoms with Gasteiger partial charge in [-0.1, -0.05) is 0 Å². The zero-order valence-corrected chi connectivity index (χ0v) is 15.0. The Hall–Kier alpha value is -2.59. The van der Waals surface area contributed by atoms with Gasteiger partial charge in [-0.05, 0) is 30.7 Å². The van der Waals surface area contributed by atoms with E-state index in [4.69, 9.17) is 4.74 Å². The summed E-state index contributed by atoms with van der Waals surface area (Å²) in [4.78, 5) is 34.0. The number of amides is 3. The summed E-state index contributed by atoms with van der Waals surface area (Å²) < 4.78 is 42.5. The van der Waals surface area contributed by atoms with Crippen LogP contribution in [0.25, 0.3) is 0 Å². The molecule has 0 atom stereocenters. The van der Waals surface area contributed by atoms with E-state index in [1.54, 1.807) is 9.80 Å². The second-order valence-electron chi connectivity index (χ2n) is 7.67. The zero-order chi connectivity index (χ0) is 19.9. The number of urea groups is 1. The van der Waals surface area contributed by atoms with E-state index in [1.807, 2.05) is 0 Å². The van der Waals surface area contributed by atoms with Gasteiger partial charge in [0.15, 0.2) is 0 Å². The molecule has 3 saturated heterocycles. The van der Waals surface area contributed by atoms with E-state index in [0.717, 1.165) is 12.8 Å². The Morgan fingerprint density at radius 2 is 1.86 bits per heavy atom. The molecule has 152 valence electrons. The molecule has 28 heavy (non-hydrogen) atoms. The summed E-state index contributed by atoms with van der Waals surface area (Å²) >= 11 is 0. The first kappa shape index (κ1) is 18.8. The van der Waals surface area contributed by atoms with E-state index in [1.165, 1.54) is 12.4 Å². The number of carbonyl (C=O) groups is 2. The summed E-state index contributed by atoms with van der Waals surface area (Å²) in [5, 5.41) is 2.75. The Morgan fingerprint density at radius 1 is 1.21 bits per heavy atom. The maximum Gasteiger partial charge on any atom is 0.451 e. The normalized spacial score (nSPS) is 22.0. The molecule has 1 aromatic rings. The van der Waals surface area contributed by atoms with Gasteiger partial charge in [0, 0.05) is 25.5 Å². The number of cyclic esters (lactones) is 1. The van der Waals surface area contributed by atoms with Crippen LogP contribution in [-0.4, -0.2) is 70.2 Å². The van der Waals surface area contributed by atoms with Crippen molar-refractivity contribution >= 4 is 12.1 Å². The van der Waals surface area contributed by atoms with E-state index in [-0.39, 0.29) is 18.6 Å². The van der Waals surface area contributed by atoms with E-state index in [0.29, 0.717) is 38.2 Å². The fraction of sp³-hybridized carbons (Fsp3) is 0.647. The smallest absolute Gasteiger partial charge is 0.447 e. The molecule has 0 bridgehead atoms. The number of nitrogens with one attached hydrogen (secondary N) is 1. The maximum absolute atomic E-state index is 12.6. The summed E-state index contributed by atoms with van der Waals surface area (Å²) in [5.41, 5.74) is 0.229. The highest BCUT2D eigenvalue weighted by Gasteiger charge is 2.52. The molecule has 3 amide bonds. The van der Waals surface area contributed by atoms with Crippen molar-refractivity contribution in [2.45, 2.75) is 31.0 Å². The van der Waals surface area contributed by atoms with Crippen LogP contribution < -0.4 is 5.32 Å². The van der Waals surface area contributed by atoms with Crippen molar-refractivity contribution in [1.82, 2.24) is 25.1 Å². The van der Waals surface area contributed by atoms with Gasteiger partial charge < -0.3 is 19.9 Å². The molecule has 0 aliphatic carbocycles. The van der Waals surface area contributed by atoms with Crippen LogP contribution in [0, 0.1) is 5.92 Å². The quantitative estimate of drug-likeness (QED) is 0.817. The molecular formula is C17H20F3N5O3. The number of carbonyl (C=O) groups excluding carboxylic acids is 2. The third-order valence-electron chi connectivity index (χ3n) is 5.47. The molecule has 0 unspecified atom stereocenters. The number of halogens is 3. The lowest BCUT2D eigenvalue weighted by molar-refractivity contribution is -0.145. The average Bonchev–Trinajstić information content (AvgIpc) is 3.02. The predicted molar refractivity (Wildman–Crippen MR) is 89.2 cm³/mol. The fourth-order valence-corrected chi connectivity index (χ4v) is 3.95. The maximum atomic E-state index is 12.6. The molecule has 1 N–H and O–H groups in total. The van der Waals surface area contributed by atoms with Crippen molar-refractivity contribution in [3.05, 3.63) is 23.8 Å². The highest BCUT2D eigenvalue weighted by atomic mass is 19.4. The fourth-order valence-electron chi connectivity index (χ4n) is 3.95. The Bertz CT molecular complexity index is 756. The average molecular weight is 399 g/mol. The highest BCUT2D eigenvalue weighted by Crippen LogP contribution is 2.29. The molecule has 8 nitrogen and oxygen atoms in total. The molecule has 4 rings (SSSR count). The monoisotopic (exact) mass is 399 g/mol. The molecule has 1 spiro atoms. The molecule has 0 radical (unpaired) electrons. The van der Waals surface area contributed by atoms with Gasteiger partial charge in [0.1, 0.15) is 12.1 Å². The van der Waals surface area contributed by atoms with Crippen LogP contribution in [0.3, 0.4) is 0 Å². The third-order valence-corrected chi connectivity index (χ3v) is 5.47. The Labute approximate surface area is 159 Å². The van der Waals surface area contributed by atoms with Crippen LogP contribution in [0.5, 0.6) is 0 Å². The van der Waals surface area contributed by atoms with Gasteiger partial charge in [-0.2, -0.15) is 13.2 Å². The molecular weight excluding hydrogens is 379 g/mol. The molecule has 0 saturated carbocycles. The van der Waals surface area contributed by atoms with Crippen molar-refractivity contribution in [1.29, 1.82) is 0 Å². The number of aromatic nitrogens is 2. The number of likely N-dealkylation sites (tertiary alicyclic amines) is 2. The Kier molecular flexibility index (Phi) is 4.54. The van der Waals surface area contributed by atoms with Crippen molar-refractivity contribution < 1.29 is 27.5 Å². The minimum Gasteiger partial charge on any atom is -0.447 e. The number of nitrogens with zero attached hydrogens (tertiary/aromatic N) is 4. The van der Waals surface area contributed by atoms with Crippen molar-refractivity contribution in [2.75, 3.05) is 32.8 Å². The number of rotatable bonds is 2.